The van der Waals surface area contributed by atoms with Crippen LogP contribution in [0.5, 0.6) is 0 Å². The molecule has 0 radical (unpaired) electrons. The van der Waals surface area contributed by atoms with Gasteiger partial charge in [0, 0.05) is 24.4 Å². The highest BCUT2D eigenvalue weighted by molar-refractivity contribution is 7.89. The first-order chi connectivity index (χ1) is 12.0. The Morgan fingerprint density at radius 2 is 1.96 bits per heavy atom. The number of hydrogen-bond acceptors (Lipinski definition) is 4. The van der Waals surface area contributed by atoms with E-state index in [9.17, 15) is 13.2 Å². The van der Waals surface area contributed by atoms with Crippen LogP contribution in [-0.4, -0.2) is 37.4 Å². The molecule has 1 aromatic carbocycles. The number of amides is 1. The molecule has 1 aromatic rings. The molecule has 6 nitrogen and oxygen atoms in total. The Kier molecular flexibility index (Phi) is 5.54. The Bertz CT molecular complexity index is 768. The van der Waals surface area contributed by atoms with Crippen molar-refractivity contribution in [2.45, 2.75) is 50.3 Å². The molecule has 0 unspecified atom stereocenters. The average Bonchev–Trinajstić information content (AvgIpc) is 3.16. The maximum atomic E-state index is 12.6. The summed E-state index contributed by atoms with van der Waals surface area (Å²) in [5.41, 5.74) is 3.92. The van der Waals surface area contributed by atoms with E-state index in [0.717, 1.165) is 37.8 Å². The number of nitrogens with one attached hydrogen (secondary N) is 1. The van der Waals surface area contributed by atoms with Crippen LogP contribution in [0.2, 0.25) is 0 Å². The minimum absolute atomic E-state index is 0.167. The molecule has 7 heteroatoms. The highest BCUT2D eigenvalue weighted by Crippen LogP contribution is 2.22. The third-order valence-electron chi connectivity index (χ3n) is 4.99. The van der Waals surface area contributed by atoms with Crippen molar-refractivity contribution >= 4 is 21.6 Å². The standard InChI is InChI=1S/C18H25N3O3S/c1-14-7-2-3-10-17(14)19-20-18(22)15-8-6-9-16(13-15)25(23,24)21-11-4-5-12-21/h6,8-9,13-14H,2-5,7,10-12H2,1H3,(H,20,22)/t14-/m1/s1. The van der Waals surface area contributed by atoms with Crippen molar-refractivity contribution in [3.8, 4) is 0 Å². The van der Waals surface area contributed by atoms with Gasteiger partial charge in [-0.25, -0.2) is 13.8 Å². The molecular weight excluding hydrogens is 338 g/mol. The zero-order chi connectivity index (χ0) is 17.9. The lowest BCUT2D eigenvalue weighted by Gasteiger charge is -2.19. The van der Waals surface area contributed by atoms with E-state index in [1.165, 1.54) is 16.8 Å². The monoisotopic (exact) mass is 363 g/mol. The first-order valence-corrected chi connectivity index (χ1v) is 10.4. The van der Waals surface area contributed by atoms with Gasteiger partial charge >= 0.3 is 0 Å². The molecule has 2 aliphatic rings. The van der Waals surface area contributed by atoms with Gasteiger partial charge in [-0.05, 0) is 56.2 Å². The topological polar surface area (TPSA) is 78.8 Å². The molecule has 2 fully saturated rings. The second-order valence-corrected chi connectivity index (χ2v) is 8.77. The summed E-state index contributed by atoms with van der Waals surface area (Å²) in [6.45, 7) is 3.21. The van der Waals surface area contributed by atoms with Crippen LogP contribution in [0.1, 0.15) is 55.8 Å². The zero-order valence-electron chi connectivity index (χ0n) is 14.6. The maximum Gasteiger partial charge on any atom is 0.271 e. The molecule has 25 heavy (non-hydrogen) atoms. The molecular formula is C18H25N3O3S. The van der Waals surface area contributed by atoms with Crippen LogP contribution in [0.4, 0.5) is 0 Å². The number of hydrazone groups is 1. The van der Waals surface area contributed by atoms with Gasteiger partial charge in [0.15, 0.2) is 0 Å². The average molecular weight is 363 g/mol. The Morgan fingerprint density at radius 1 is 1.20 bits per heavy atom. The highest BCUT2D eigenvalue weighted by atomic mass is 32.2. The lowest BCUT2D eigenvalue weighted by molar-refractivity contribution is 0.0954. The van der Waals surface area contributed by atoms with Crippen molar-refractivity contribution in [3.05, 3.63) is 29.8 Å². The van der Waals surface area contributed by atoms with Gasteiger partial charge < -0.3 is 0 Å². The maximum absolute atomic E-state index is 12.6. The Balaban J connectivity index is 1.74. The van der Waals surface area contributed by atoms with Crippen LogP contribution in [0, 0.1) is 5.92 Å². The van der Waals surface area contributed by atoms with Crippen LogP contribution in [0.3, 0.4) is 0 Å². The molecule has 1 atom stereocenters. The van der Waals surface area contributed by atoms with E-state index in [2.05, 4.69) is 17.5 Å². The van der Waals surface area contributed by atoms with Crippen molar-refractivity contribution in [3.63, 3.8) is 0 Å². The number of carbonyl (C=O) groups excluding carboxylic acids is 1. The van der Waals surface area contributed by atoms with E-state index in [1.54, 1.807) is 18.2 Å². The summed E-state index contributed by atoms with van der Waals surface area (Å²) in [4.78, 5) is 12.5. The fraction of sp³-hybridized carbons (Fsp3) is 0.556. The first-order valence-electron chi connectivity index (χ1n) is 8.95. The van der Waals surface area contributed by atoms with Gasteiger partial charge in [0.25, 0.3) is 5.91 Å². The molecule has 0 spiro atoms. The second kappa shape index (κ2) is 7.66. The summed E-state index contributed by atoms with van der Waals surface area (Å²) >= 11 is 0. The van der Waals surface area contributed by atoms with E-state index < -0.39 is 10.0 Å². The SMILES string of the molecule is C[C@@H]1CCCCC1=NNC(=O)c1cccc(S(=O)(=O)N2CCCC2)c1. The molecule has 136 valence electrons. The fourth-order valence-electron chi connectivity index (χ4n) is 3.40. The van der Waals surface area contributed by atoms with E-state index in [0.29, 0.717) is 24.6 Å². The molecule has 1 saturated heterocycles. The van der Waals surface area contributed by atoms with Gasteiger partial charge in [0.05, 0.1) is 4.90 Å². The normalized spacial score (nSPS) is 23.7. The summed E-state index contributed by atoms with van der Waals surface area (Å²) < 4.78 is 26.7. The van der Waals surface area contributed by atoms with Gasteiger partial charge in [-0.1, -0.05) is 19.4 Å². The van der Waals surface area contributed by atoms with Crippen LogP contribution < -0.4 is 5.43 Å². The number of rotatable bonds is 4. The molecule has 0 bridgehead atoms. The first kappa shape index (κ1) is 18.1. The molecule has 3 rings (SSSR count). The molecule has 1 N–H and O–H groups in total. The van der Waals surface area contributed by atoms with Crippen molar-refractivity contribution in [2.75, 3.05) is 13.1 Å². The lowest BCUT2D eigenvalue weighted by atomic mass is 9.89. The van der Waals surface area contributed by atoms with Gasteiger partial charge in [0.2, 0.25) is 10.0 Å². The zero-order valence-corrected chi connectivity index (χ0v) is 15.4. The Hall–Kier alpha value is -1.73. The fourth-order valence-corrected chi connectivity index (χ4v) is 4.96. The smallest absolute Gasteiger partial charge is 0.267 e. The van der Waals surface area contributed by atoms with E-state index in [-0.39, 0.29) is 10.8 Å². The Labute approximate surface area is 149 Å². The predicted molar refractivity (Wildman–Crippen MR) is 97.0 cm³/mol. The quantitative estimate of drug-likeness (QED) is 0.836. The lowest BCUT2D eigenvalue weighted by Crippen LogP contribution is -2.28. The van der Waals surface area contributed by atoms with Crippen LogP contribution in [-0.2, 0) is 10.0 Å². The van der Waals surface area contributed by atoms with Gasteiger partial charge in [-0.2, -0.15) is 9.41 Å². The minimum atomic E-state index is -3.52. The summed E-state index contributed by atoms with van der Waals surface area (Å²) in [6.07, 6.45) is 6.07. The minimum Gasteiger partial charge on any atom is -0.267 e. The van der Waals surface area contributed by atoms with Crippen molar-refractivity contribution in [1.29, 1.82) is 0 Å². The highest BCUT2D eigenvalue weighted by Gasteiger charge is 2.27. The largest absolute Gasteiger partial charge is 0.271 e. The summed E-state index contributed by atoms with van der Waals surface area (Å²) in [7, 11) is -3.52. The van der Waals surface area contributed by atoms with Crippen molar-refractivity contribution in [1.82, 2.24) is 9.73 Å². The summed E-state index contributed by atoms with van der Waals surface area (Å²) in [6, 6.07) is 6.20. The van der Waals surface area contributed by atoms with E-state index >= 15 is 0 Å². The third-order valence-corrected chi connectivity index (χ3v) is 6.88. The molecule has 1 aliphatic heterocycles. The van der Waals surface area contributed by atoms with Gasteiger partial charge in [-0.15, -0.1) is 0 Å². The number of nitrogens with zero attached hydrogens (tertiary/aromatic N) is 2. The van der Waals surface area contributed by atoms with Crippen LogP contribution in [0.25, 0.3) is 0 Å². The molecule has 0 aromatic heterocycles. The summed E-state index contributed by atoms with van der Waals surface area (Å²) in [5, 5.41) is 4.27. The second-order valence-electron chi connectivity index (χ2n) is 6.83. The summed E-state index contributed by atoms with van der Waals surface area (Å²) in [5.74, 6) is 0.0136. The molecule has 1 amide bonds. The van der Waals surface area contributed by atoms with Crippen LogP contribution >= 0.6 is 0 Å². The Morgan fingerprint density at radius 3 is 2.68 bits per heavy atom. The number of carbonyl (C=O) groups is 1. The van der Waals surface area contributed by atoms with E-state index in [4.69, 9.17) is 0 Å². The molecule has 1 aliphatic carbocycles. The molecule has 1 saturated carbocycles. The third kappa shape index (κ3) is 4.10. The van der Waals surface area contributed by atoms with Crippen molar-refractivity contribution in [2.24, 2.45) is 11.0 Å². The molecule has 1 heterocycles. The number of hydrogen-bond donors (Lipinski definition) is 1. The van der Waals surface area contributed by atoms with Gasteiger partial charge in [-0.3, -0.25) is 4.79 Å². The number of sulfonamides is 1. The van der Waals surface area contributed by atoms with Gasteiger partial charge in [0.1, 0.15) is 0 Å². The number of benzene rings is 1. The predicted octanol–water partition coefficient (Wildman–Crippen LogP) is 2.77. The van der Waals surface area contributed by atoms with E-state index in [1.807, 2.05) is 0 Å². The van der Waals surface area contributed by atoms with Crippen LogP contribution in [0.15, 0.2) is 34.3 Å². The van der Waals surface area contributed by atoms with Crippen molar-refractivity contribution < 1.29 is 13.2 Å².